The van der Waals surface area contributed by atoms with Gasteiger partial charge in [0, 0.05) is 12.1 Å². The van der Waals surface area contributed by atoms with E-state index in [4.69, 9.17) is 10.5 Å². The lowest BCUT2D eigenvalue weighted by atomic mass is 10.2. The average molecular weight is 331 g/mol. The van der Waals surface area contributed by atoms with E-state index in [9.17, 15) is 0 Å². The topological polar surface area (TPSA) is 104 Å². The van der Waals surface area contributed by atoms with Crippen LogP contribution < -0.4 is 15.8 Å². The maximum absolute atomic E-state index is 5.78. The Balaban J connectivity index is 1.76. The molecule has 0 spiro atoms. The molecule has 0 amide bonds. The summed E-state index contributed by atoms with van der Waals surface area (Å²) < 4.78 is 7.79. The van der Waals surface area contributed by atoms with E-state index in [2.05, 4.69) is 30.0 Å². The Morgan fingerprint density at radius 3 is 2.71 bits per heavy atom. The predicted octanol–water partition coefficient (Wildman–Crippen LogP) is 2.73. The van der Waals surface area contributed by atoms with Crippen molar-refractivity contribution in [1.82, 2.24) is 24.7 Å². The van der Waals surface area contributed by atoms with Gasteiger partial charge < -0.3 is 20.4 Å². The molecule has 0 aliphatic heterocycles. The Labute approximate surface area is 141 Å². The zero-order chi connectivity index (χ0) is 17.1. The van der Waals surface area contributed by atoms with Crippen LogP contribution in [0.5, 0.6) is 5.88 Å². The molecule has 8 nitrogen and oxygen atoms in total. The molecule has 1 atom stereocenters. The highest BCUT2D eigenvalue weighted by Gasteiger charge is 2.23. The summed E-state index contributed by atoms with van der Waals surface area (Å²) >= 11 is 0. The van der Waals surface area contributed by atoms with Crippen LogP contribution in [0, 0.1) is 0 Å². The number of aromatic nitrogens is 5. The molecule has 0 radical (unpaired) electrons. The highest BCUT2D eigenvalue weighted by atomic mass is 16.5. The monoisotopic (exact) mass is 331 g/mol. The van der Waals surface area contributed by atoms with E-state index >= 15 is 0 Å². The summed E-state index contributed by atoms with van der Waals surface area (Å²) in [6, 6.07) is 2.20. The summed E-state index contributed by atoms with van der Waals surface area (Å²) in [6.07, 6.45) is 6.75. The van der Waals surface area contributed by atoms with Gasteiger partial charge >= 0.3 is 0 Å². The first kappa shape index (κ1) is 16.5. The van der Waals surface area contributed by atoms with E-state index in [1.54, 1.807) is 6.07 Å². The SMILES string of the molecule is CC(C)Oc1cc(NC(C)c2nncn2C2CCCC2)nc(N)n1. The molecule has 1 aliphatic carbocycles. The van der Waals surface area contributed by atoms with Crippen LogP contribution in [-0.4, -0.2) is 30.8 Å². The molecule has 0 bridgehead atoms. The van der Waals surface area contributed by atoms with Crippen LogP contribution in [0.15, 0.2) is 12.4 Å². The molecule has 1 aliphatic rings. The van der Waals surface area contributed by atoms with Gasteiger partial charge in [0.05, 0.1) is 12.1 Å². The van der Waals surface area contributed by atoms with Crippen molar-refractivity contribution in [2.24, 2.45) is 0 Å². The molecule has 2 aromatic heterocycles. The van der Waals surface area contributed by atoms with E-state index in [0.29, 0.717) is 17.7 Å². The van der Waals surface area contributed by atoms with Gasteiger partial charge in [0.1, 0.15) is 12.1 Å². The summed E-state index contributed by atoms with van der Waals surface area (Å²) in [5.41, 5.74) is 5.78. The van der Waals surface area contributed by atoms with Crippen molar-refractivity contribution in [3.8, 4) is 5.88 Å². The minimum atomic E-state index is -0.0469. The smallest absolute Gasteiger partial charge is 0.225 e. The van der Waals surface area contributed by atoms with Gasteiger partial charge in [0.25, 0.3) is 0 Å². The van der Waals surface area contributed by atoms with Crippen molar-refractivity contribution in [1.29, 1.82) is 0 Å². The number of rotatable bonds is 6. The van der Waals surface area contributed by atoms with Gasteiger partial charge in [-0.2, -0.15) is 9.97 Å². The van der Waals surface area contributed by atoms with Gasteiger partial charge in [0.15, 0.2) is 5.82 Å². The van der Waals surface area contributed by atoms with Crippen molar-refractivity contribution < 1.29 is 4.74 Å². The normalized spacial score (nSPS) is 16.5. The minimum Gasteiger partial charge on any atom is -0.475 e. The molecule has 130 valence electrons. The summed E-state index contributed by atoms with van der Waals surface area (Å²) in [7, 11) is 0. The van der Waals surface area contributed by atoms with Crippen LogP contribution in [0.1, 0.15) is 64.4 Å². The Morgan fingerprint density at radius 2 is 2.00 bits per heavy atom. The molecule has 1 unspecified atom stereocenters. The van der Waals surface area contributed by atoms with Crippen molar-refractivity contribution >= 4 is 11.8 Å². The molecular weight excluding hydrogens is 306 g/mol. The Morgan fingerprint density at radius 1 is 1.25 bits per heavy atom. The average Bonchev–Trinajstić information content (AvgIpc) is 3.17. The number of nitrogens with two attached hydrogens (primary N) is 1. The molecule has 3 rings (SSSR count). The zero-order valence-electron chi connectivity index (χ0n) is 14.4. The van der Waals surface area contributed by atoms with Crippen LogP contribution in [0.25, 0.3) is 0 Å². The lowest BCUT2D eigenvalue weighted by molar-refractivity contribution is 0.233. The highest BCUT2D eigenvalue weighted by molar-refractivity contribution is 5.44. The Hall–Kier alpha value is -2.38. The van der Waals surface area contributed by atoms with Crippen LogP contribution in [0.4, 0.5) is 11.8 Å². The lowest BCUT2D eigenvalue weighted by Gasteiger charge is -2.19. The number of ether oxygens (including phenoxy) is 1. The second-order valence-electron chi connectivity index (χ2n) is 6.52. The van der Waals surface area contributed by atoms with Crippen LogP contribution in [-0.2, 0) is 0 Å². The maximum Gasteiger partial charge on any atom is 0.225 e. The first-order valence-electron chi connectivity index (χ1n) is 8.50. The van der Waals surface area contributed by atoms with Gasteiger partial charge in [-0.25, -0.2) is 0 Å². The molecule has 1 saturated carbocycles. The van der Waals surface area contributed by atoms with Crippen molar-refractivity contribution in [3.63, 3.8) is 0 Å². The van der Waals surface area contributed by atoms with E-state index < -0.39 is 0 Å². The van der Waals surface area contributed by atoms with Crippen molar-refractivity contribution in [2.75, 3.05) is 11.1 Å². The standard InChI is InChI=1S/C16H25N7O/c1-10(2)24-14-8-13(20-16(17)21-14)19-11(3)15-22-18-9-23(15)12-6-4-5-7-12/h8-12H,4-7H2,1-3H3,(H3,17,19,20,21). The summed E-state index contributed by atoms with van der Waals surface area (Å²) in [4.78, 5) is 8.33. The molecule has 0 saturated heterocycles. The molecule has 24 heavy (non-hydrogen) atoms. The fourth-order valence-electron chi connectivity index (χ4n) is 3.13. The minimum absolute atomic E-state index is 0.0232. The number of nitrogens with one attached hydrogen (secondary N) is 1. The molecule has 2 aromatic rings. The van der Waals surface area contributed by atoms with Gasteiger partial charge in [-0.15, -0.1) is 10.2 Å². The van der Waals surface area contributed by atoms with Crippen LogP contribution in [0.3, 0.4) is 0 Å². The fraction of sp³-hybridized carbons (Fsp3) is 0.625. The van der Waals surface area contributed by atoms with Crippen molar-refractivity contribution in [2.45, 2.75) is 64.6 Å². The van der Waals surface area contributed by atoms with Gasteiger partial charge in [-0.05, 0) is 33.6 Å². The molecule has 2 heterocycles. The lowest BCUT2D eigenvalue weighted by Crippen LogP contribution is -2.17. The molecule has 3 N–H and O–H groups in total. The van der Waals surface area contributed by atoms with E-state index in [1.807, 2.05) is 27.1 Å². The summed E-state index contributed by atoms with van der Waals surface area (Å²) in [5.74, 6) is 2.17. The number of anilines is 2. The Bertz CT molecular complexity index is 679. The van der Waals surface area contributed by atoms with Gasteiger partial charge in [-0.3, -0.25) is 0 Å². The predicted molar refractivity (Wildman–Crippen MR) is 91.8 cm³/mol. The first-order chi connectivity index (χ1) is 11.5. The molecular formula is C16H25N7O. The third-order valence-electron chi connectivity index (χ3n) is 4.15. The van der Waals surface area contributed by atoms with Gasteiger partial charge in [0.2, 0.25) is 11.8 Å². The van der Waals surface area contributed by atoms with Crippen LogP contribution >= 0.6 is 0 Å². The zero-order valence-corrected chi connectivity index (χ0v) is 14.4. The van der Waals surface area contributed by atoms with Crippen molar-refractivity contribution in [3.05, 3.63) is 18.2 Å². The molecule has 1 fully saturated rings. The number of hydrogen-bond donors (Lipinski definition) is 2. The summed E-state index contributed by atoms with van der Waals surface area (Å²) in [5, 5.41) is 11.7. The van der Waals surface area contributed by atoms with E-state index in [0.717, 1.165) is 5.82 Å². The quantitative estimate of drug-likeness (QED) is 0.838. The number of nitrogens with zero attached hydrogens (tertiary/aromatic N) is 5. The van der Waals surface area contributed by atoms with Crippen LogP contribution in [0.2, 0.25) is 0 Å². The highest BCUT2D eigenvalue weighted by Crippen LogP contribution is 2.31. The third kappa shape index (κ3) is 3.74. The second-order valence-corrected chi connectivity index (χ2v) is 6.52. The maximum atomic E-state index is 5.78. The third-order valence-corrected chi connectivity index (χ3v) is 4.15. The number of nitrogen functional groups attached to an aromatic ring is 1. The summed E-state index contributed by atoms with van der Waals surface area (Å²) in [6.45, 7) is 5.92. The second kappa shape index (κ2) is 7.02. The largest absolute Gasteiger partial charge is 0.475 e. The van der Waals surface area contributed by atoms with Gasteiger partial charge in [-0.1, -0.05) is 12.8 Å². The Kier molecular flexibility index (Phi) is 4.82. The molecule has 8 heteroatoms. The fourth-order valence-corrected chi connectivity index (χ4v) is 3.13. The van der Waals surface area contributed by atoms with E-state index in [1.165, 1.54) is 25.7 Å². The first-order valence-corrected chi connectivity index (χ1v) is 8.50. The molecule has 0 aromatic carbocycles. The van der Waals surface area contributed by atoms with E-state index in [-0.39, 0.29) is 18.1 Å². The number of hydrogen-bond acceptors (Lipinski definition) is 7.